The molecule has 0 atom stereocenters. The number of aryl methyl sites for hydroxylation is 1. The number of benzene rings is 1. The maximum absolute atomic E-state index is 13.7. The van der Waals surface area contributed by atoms with Crippen molar-refractivity contribution in [3.05, 3.63) is 41.8 Å². The second-order valence-electron chi connectivity index (χ2n) is 4.53. The van der Waals surface area contributed by atoms with Gasteiger partial charge in [0.05, 0.1) is 5.69 Å². The minimum atomic E-state index is -0.161. The van der Waals surface area contributed by atoms with Crippen LogP contribution < -0.4 is 5.32 Å². The lowest BCUT2D eigenvalue weighted by Crippen LogP contribution is -2.13. The van der Waals surface area contributed by atoms with Crippen molar-refractivity contribution in [2.75, 3.05) is 6.54 Å². The summed E-state index contributed by atoms with van der Waals surface area (Å²) in [7, 11) is 0. The lowest BCUT2D eigenvalue weighted by Gasteiger charge is -2.09. The topological polar surface area (TPSA) is 29.9 Å². The molecule has 0 unspecified atom stereocenters. The molecule has 102 valence electrons. The van der Waals surface area contributed by atoms with E-state index in [9.17, 15) is 4.39 Å². The first-order valence-electron chi connectivity index (χ1n) is 6.77. The third-order valence-corrected chi connectivity index (χ3v) is 3.06. The molecule has 2 rings (SSSR count). The van der Waals surface area contributed by atoms with E-state index in [1.807, 2.05) is 29.8 Å². The molecule has 0 saturated heterocycles. The third-order valence-electron chi connectivity index (χ3n) is 3.06. The Labute approximate surface area is 113 Å². The van der Waals surface area contributed by atoms with Gasteiger partial charge in [0, 0.05) is 30.4 Å². The summed E-state index contributed by atoms with van der Waals surface area (Å²) >= 11 is 0. The molecule has 0 bridgehead atoms. The van der Waals surface area contributed by atoms with Gasteiger partial charge in [0.15, 0.2) is 0 Å². The van der Waals surface area contributed by atoms with Crippen LogP contribution >= 0.6 is 0 Å². The summed E-state index contributed by atoms with van der Waals surface area (Å²) in [4.78, 5) is 0. The highest BCUT2D eigenvalue weighted by atomic mass is 19.1. The first-order chi connectivity index (χ1) is 9.26. The monoisotopic (exact) mass is 261 g/mol. The molecule has 0 saturated carbocycles. The van der Waals surface area contributed by atoms with Gasteiger partial charge in [-0.1, -0.05) is 13.8 Å². The van der Waals surface area contributed by atoms with Crippen molar-refractivity contribution in [1.29, 1.82) is 0 Å². The number of hydrogen-bond donors (Lipinski definition) is 1. The zero-order valence-corrected chi connectivity index (χ0v) is 11.5. The van der Waals surface area contributed by atoms with Crippen LogP contribution in [0.1, 0.15) is 25.8 Å². The lowest BCUT2D eigenvalue weighted by molar-refractivity contribution is 0.592. The maximum atomic E-state index is 13.7. The maximum Gasteiger partial charge on any atom is 0.127 e. The van der Waals surface area contributed by atoms with E-state index in [4.69, 9.17) is 0 Å². The predicted molar refractivity (Wildman–Crippen MR) is 75.3 cm³/mol. The van der Waals surface area contributed by atoms with Crippen LogP contribution in [0.15, 0.2) is 30.5 Å². The van der Waals surface area contributed by atoms with Crippen LogP contribution in [-0.2, 0) is 13.1 Å². The number of rotatable bonds is 6. The molecule has 1 aromatic carbocycles. The van der Waals surface area contributed by atoms with Gasteiger partial charge < -0.3 is 5.32 Å². The van der Waals surface area contributed by atoms with E-state index in [2.05, 4.69) is 17.3 Å². The van der Waals surface area contributed by atoms with Crippen molar-refractivity contribution < 1.29 is 4.39 Å². The number of aromatic nitrogens is 2. The van der Waals surface area contributed by atoms with Gasteiger partial charge in [-0.2, -0.15) is 5.10 Å². The normalized spacial score (nSPS) is 10.9. The molecule has 19 heavy (non-hydrogen) atoms. The van der Waals surface area contributed by atoms with Crippen LogP contribution in [0.25, 0.3) is 11.3 Å². The van der Waals surface area contributed by atoms with Crippen LogP contribution in [0.2, 0.25) is 0 Å². The second kappa shape index (κ2) is 6.48. The number of hydrogen-bond acceptors (Lipinski definition) is 2. The van der Waals surface area contributed by atoms with E-state index < -0.39 is 0 Å². The molecular formula is C15H20FN3. The Balaban J connectivity index is 2.31. The van der Waals surface area contributed by atoms with E-state index >= 15 is 0 Å². The fourth-order valence-corrected chi connectivity index (χ4v) is 2.10. The van der Waals surface area contributed by atoms with Crippen molar-refractivity contribution in [3.63, 3.8) is 0 Å². The summed E-state index contributed by atoms with van der Waals surface area (Å²) in [5, 5.41) is 7.46. The van der Waals surface area contributed by atoms with Crippen molar-refractivity contribution in [3.8, 4) is 11.3 Å². The molecule has 0 amide bonds. The Hall–Kier alpha value is -1.68. The van der Waals surface area contributed by atoms with Crippen molar-refractivity contribution in [1.82, 2.24) is 15.1 Å². The van der Waals surface area contributed by atoms with Crippen LogP contribution in [0.3, 0.4) is 0 Å². The Morgan fingerprint density at radius 1 is 1.26 bits per heavy atom. The van der Waals surface area contributed by atoms with Gasteiger partial charge in [-0.15, -0.1) is 0 Å². The van der Waals surface area contributed by atoms with Gasteiger partial charge in [0.1, 0.15) is 5.82 Å². The van der Waals surface area contributed by atoms with Crippen molar-refractivity contribution in [2.24, 2.45) is 0 Å². The molecule has 2 aromatic rings. The lowest BCUT2D eigenvalue weighted by atomic mass is 10.1. The third kappa shape index (κ3) is 3.20. The molecule has 3 nitrogen and oxygen atoms in total. The highest BCUT2D eigenvalue weighted by Gasteiger charge is 2.08. The summed E-state index contributed by atoms with van der Waals surface area (Å²) in [6.07, 6.45) is 2.82. The smallest absolute Gasteiger partial charge is 0.127 e. The quantitative estimate of drug-likeness (QED) is 0.865. The first kappa shape index (κ1) is 13.7. The fraction of sp³-hybridized carbons (Fsp3) is 0.400. The molecule has 0 radical (unpaired) electrons. The van der Waals surface area contributed by atoms with E-state index in [0.717, 1.165) is 30.8 Å². The Bertz CT molecular complexity index is 534. The van der Waals surface area contributed by atoms with E-state index in [0.29, 0.717) is 12.1 Å². The second-order valence-corrected chi connectivity index (χ2v) is 4.53. The van der Waals surface area contributed by atoms with E-state index in [1.165, 1.54) is 6.07 Å². The summed E-state index contributed by atoms with van der Waals surface area (Å²) in [6.45, 7) is 6.39. The zero-order valence-electron chi connectivity index (χ0n) is 11.5. The molecule has 0 aliphatic rings. The molecule has 1 N–H and O–H groups in total. The molecule has 1 aromatic heterocycles. The SMILES string of the molecule is CCCn1nccc1-c1ccc(F)c(CNCC)c1. The average Bonchev–Trinajstić information content (AvgIpc) is 2.87. The molecule has 0 fully saturated rings. The fourth-order valence-electron chi connectivity index (χ4n) is 2.10. The Morgan fingerprint density at radius 3 is 2.84 bits per heavy atom. The molecule has 4 heteroatoms. The van der Waals surface area contributed by atoms with Crippen LogP contribution in [0, 0.1) is 5.82 Å². The molecule has 0 spiro atoms. The first-order valence-corrected chi connectivity index (χ1v) is 6.77. The van der Waals surface area contributed by atoms with Gasteiger partial charge in [0.2, 0.25) is 0 Å². The molecule has 0 aliphatic heterocycles. The highest BCUT2D eigenvalue weighted by Crippen LogP contribution is 2.22. The number of nitrogens with zero attached hydrogens (tertiary/aromatic N) is 2. The summed E-state index contributed by atoms with van der Waals surface area (Å²) in [5.41, 5.74) is 2.75. The number of nitrogens with one attached hydrogen (secondary N) is 1. The van der Waals surface area contributed by atoms with Crippen LogP contribution in [0.5, 0.6) is 0 Å². The summed E-state index contributed by atoms with van der Waals surface area (Å²) in [6, 6.07) is 7.22. The minimum absolute atomic E-state index is 0.161. The summed E-state index contributed by atoms with van der Waals surface area (Å²) in [5.74, 6) is -0.161. The van der Waals surface area contributed by atoms with Gasteiger partial charge in [0.25, 0.3) is 0 Å². The highest BCUT2D eigenvalue weighted by molar-refractivity contribution is 5.60. The molecular weight excluding hydrogens is 241 g/mol. The molecule has 0 aliphatic carbocycles. The van der Waals surface area contributed by atoms with E-state index in [-0.39, 0.29) is 5.82 Å². The van der Waals surface area contributed by atoms with E-state index in [1.54, 1.807) is 6.20 Å². The van der Waals surface area contributed by atoms with Gasteiger partial charge in [-0.05, 0) is 37.2 Å². The Morgan fingerprint density at radius 2 is 2.11 bits per heavy atom. The average molecular weight is 261 g/mol. The zero-order chi connectivity index (χ0) is 13.7. The van der Waals surface area contributed by atoms with Gasteiger partial charge in [-0.25, -0.2) is 4.39 Å². The summed E-state index contributed by atoms with van der Waals surface area (Å²) < 4.78 is 15.7. The van der Waals surface area contributed by atoms with Crippen molar-refractivity contribution in [2.45, 2.75) is 33.4 Å². The van der Waals surface area contributed by atoms with Crippen molar-refractivity contribution >= 4 is 0 Å². The van der Waals surface area contributed by atoms with Gasteiger partial charge >= 0.3 is 0 Å². The van der Waals surface area contributed by atoms with Gasteiger partial charge in [-0.3, -0.25) is 4.68 Å². The standard InChI is InChI=1S/C15H20FN3/c1-3-9-19-15(7-8-18-19)12-5-6-14(16)13(10-12)11-17-4-2/h5-8,10,17H,3-4,9,11H2,1-2H3. The van der Waals surface area contributed by atoms with Crippen LogP contribution in [0.4, 0.5) is 4.39 Å². The predicted octanol–water partition coefficient (Wildman–Crippen LogP) is 3.21. The number of halogens is 1. The largest absolute Gasteiger partial charge is 0.313 e. The van der Waals surface area contributed by atoms with Crippen LogP contribution in [-0.4, -0.2) is 16.3 Å². The Kier molecular flexibility index (Phi) is 4.68. The molecule has 1 heterocycles. The minimum Gasteiger partial charge on any atom is -0.313 e.